The van der Waals surface area contributed by atoms with Gasteiger partial charge in [-0.25, -0.2) is 0 Å². The van der Waals surface area contributed by atoms with E-state index >= 15 is 0 Å². The summed E-state index contributed by atoms with van der Waals surface area (Å²) in [5.74, 6) is -0.869. The molecular formula is C14H8B2O2. The number of ketones is 2. The maximum atomic E-state index is 12.1. The summed E-state index contributed by atoms with van der Waals surface area (Å²) in [5.41, 5.74) is 3.44. The molecule has 4 heteroatoms. The van der Waals surface area contributed by atoms with Gasteiger partial charge in [-0.05, 0) is 0 Å². The van der Waals surface area contributed by atoms with Crippen LogP contribution in [0.25, 0.3) is 11.1 Å². The zero-order valence-corrected chi connectivity index (χ0v) is 9.64. The molecule has 0 aromatic heterocycles. The van der Waals surface area contributed by atoms with Gasteiger partial charge in [0.15, 0.2) is 0 Å². The topological polar surface area (TPSA) is 34.1 Å². The molecule has 0 heterocycles. The van der Waals surface area contributed by atoms with E-state index in [-0.39, 0.29) is 0 Å². The van der Waals surface area contributed by atoms with Crippen molar-refractivity contribution in [3.8, 4) is 11.1 Å². The van der Waals surface area contributed by atoms with E-state index in [2.05, 4.69) is 7.37 Å². The number of rotatable bonds is 1. The summed E-state index contributed by atoms with van der Waals surface area (Å²) >= 11 is 0. The average Bonchev–Trinajstić information content (AvgIpc) is 2.44. The third-order valence-corrected chi connectivity index (χ3v) is 3.19. The molecule has 0 bridgehead atoms. The monoisotopic (exact) mass is 230 g/mol. The Morgan fingerprint density at radius 1 is 0.778 bits per heavy atom. The molecule has 0 N–H and O–H groups in total. The van der Waals surface area contributed by atoms with E-state index in [1.165, 1.54) is 0 Å². The van der Waals surface area contributed by atoms with Gasteiger partial charge in [0.25, 0.3) is 0 Å². The van der Waals surface area contributed by atoms with Crippen LogP contribution in [-0.2, 0) is 0 Å². The third-order valence-electron chi connectivity index (χ3n) is 3.19. The Labute approximate surface area is 106 Å². The number of hydrogen-bond acceptors (Lipinski definition) is 2. The molecule has 2 nitrogen and oxygen atoms in total. The maximum absolute atomic E-state index is 12.1. The van der Waals surface area contributed by atoms with Crippen LogP contribution >= 0.6 is 0 Å². The molecule has 18 heavy (non-hydrogen) atoms. The zero-order chi connectivity index (χ0) is 12.7. The molecule has 1 aliphatic rings. The number of carbonyl (C=O) groups is 2. The standard InChI is InChI=1S/C14H8B2O2/c15-16-8-5-6-10-9-3-1-2-4-11(9)13(17)14(18)12(10)7-8/h1-7,15H. The first kappa shape index (κ1) is 11.0. The van der Waals surface area contributed by atoms with Crippen LogP contribution < -0.4 is 5.46 Å². The van der Waals surface area contributed by atoms with Gasteiger partial charge in [-0.2, -0.15) is 0 Å². The van der Waals surface area contributed by atoms with Gasteiger partial charge in [-0.15, -0.1) is 0 Å². The average molecular weight is 230 g/mol. The first-order chi connectivity index (χ1) is 8.72. The minimum absolute atomic E-state index is 0.431. The number of benzene rings is 2. The molecule has 0 aliphatic heterocycles. The molecular weight excluding hydrogens is 222 g/mol. The predicted molar refractivity (Wildman–Crippen MR) is 73.1 cm³/mol. The van der Waals surface area contributed by atoms with Crippen LogP contribution in [0, 0.1) is 0 Å². The van der Waals surface area contributed by atoms with E-state index in [9.17, 15) is 9.59 Å². The molecule has 0 saturated carbocycles. The molecule has 1 aliphatic carbocycles. The SMILES string of the molecule is B=Bc1ccc2c(c1)C(=O)C(=O)c1ccccc1-2. The number of hydrogen-bond donors (Lipinski definition) is 0. The second-order valence-electron chi connectivity index (χ2n) is 4.21. The Hall–Kier alpha value is -2.09. The molecule has 2 aromatic carbocycles. The fourth-order valence-corrected chi connectivity index (χ4v) is 2.27. The zero-order valence-electron chi connectivity index (χ0n) is 9.64. The molecule has 0 unspecified atom stereocenters. The van der Waals surface area contributed by atoms with E-state index < -0.39 is 11.6 Å². The van der Waals surface area contributed by atoms with Crippen LogP contribution in [0.1, 0.15) is 20.7 Å². The van der Waals surface area contributed by atoms with Crippen molar-refractivity contribution >= 4 is 31.2 Å². The van der Waals surface area contributed by atoms with Crippen molar-refractivity contribution in [1.82, 2.24) is 0 Å². The van der Waals surface area contributed by atoms with Crippen LogP contribution in [0.4, 0.5) is 0 Å². The van der Waals surface area contributed by atoms with Gasteiger partial charge in [-0.1, -0.05) is 0 Å². The van der Waals surface area contributed by atoms with Crippen LogP contribution in [0.5, 0.6) is 0 Å². The van der Waals surface area contributed by atoms with Crippen molar-refractivity contribution < 1.29 is 9.59 Å². The van der Waals surface area contributed by atoms with E-state index in [1.54, 1.807) is 25.0 Å². The second kappa shape index (κ2) is 3.98. The van der Waals surface area contributed by atoms with Crippen LogP contribution in [-0.4, -0.2) is 25.7 Å². The number of fused-ring (bicyclic) bond motifs is 3. The van der Waals surface area contributed by atoms with Crippen molar-refractivity contribution in [1.29, 1.82) is 0 Å². The molecule has 2 aromatic rings. The fourth-order valence-electron chi connectivity index (χ4n) is 2.27. The summed E-state index contributed by atoms with van der Waals surface area (Å²) in [6, 6.07) is 12.7. The summed E-state index contributed by atoms with van der Waals surface area (Å²) in [6.07, 6.45) is 0. The first-order valence-electron chi connectivity index (χ1n) is 5.67. The molecule has 0 radical (unpaired) electrons. The third kappa shape index (κ3) is 1.46. The van der Waals surface area contributed by atoms with E-state index in [1.807, 2.05) is 24.3 Å². The summed E-state index contributed by atoms with van der Waals surface area (Å²) in [6.45, 7) is 1.67. The number of carbonyl (C=O) groups excluding carboxylic acids is 2. The van der Waals surface area contributed by atoms with Crippen LogP contribution in [0.3, 0.4) is 0 Å². The van der Waals surface area contributed by atoms with Crippen molar-refractivity contribution in [3.05, 3.63) is 53.6 Å². The van der Waals surface area contributed by atoms with Crippen LogP contribution in [0.2, 0.25) is 0 Å². The molecule has 0 saturated heterocycles. The van der Waals surface area contributed by atoms with Gasteiger partial charge < -0.3 is 0 Å². The van der Waals surface area contributed by atoms with Gasteiger partial charge in [-0.3, -0.25) is 0 Å². The summed E-state index contributed by atoms with van der Waals surface area (Å²) in [4.78, 5) is 24.1. The van der Waals surface area contributed by atoms with Crippen molar-refractivity contribution in [2.75, 3.05) is 0 Å². The van der Waals surface area contributed by atoms with Crippen molar-refractivity contribution in [3.63, 3.8) is 0 Å². The van der Waals surface area contributed by atoms with Gasteiger partial charge in [0, 0.05) is 0 Å². The van der Waals surface area contributed by atoms with E-state index in [4.69, 9.17) is 0 Å². The van der Waals surface area contributed by atoms with Gasteiger partial charge >= 0.3 is 106 Å². The molecule has 3 rings (SSSR count). The molecule has 0 spiro atoms. The minimum atomic E-state index is -0.438. The Kier molecular flexibility index (Phi) is 2.44. The second-order valence-corrected chi connectivity index (χ2v) is 4.21. The Morgan fingerprint density at radius 2 is 1.39 bits per heavy atom. The normalized spacial score (nSPS) is 12.6. The van der Waals surface area contributed by atoms with Gasteiger partial charge in [0.1, 0.15) is 0 Å². The van der Waals surface area contributed by atoms with E-state index in [0.717, 1.165) is 16.6 Å². The predicted octanol–water partition coefficient (Wildman–Crippen LogP) is 0.878. The summed E-state index contributed by atoms with van der Waals surface area (Å²) < 4.78 is 0. The molecule has 0 amide bonds. The molecule has 0 fully saturated rings. The quantitative estimate of drug-likeness (QED) is 0.538. The number of Topliss-reactive ketones (excluding diaryl/α,β-unsaturated/α-hetero) is 2. The Morgan fingerprint density at radius 3 is 2.11 bits per heavy atom. The Balaban J connectivity index is 2.36. The van der Waals surface area contributed by atoms with Gasteiger partial charge in [0.2, 0.25) is 0 Å². The van der Waals surface area contributed by atoms with E-state index in [0.29, 0.717) is 11.1 Å². The van der Waals surface area contributed by atoms with Crippen molar-refractivity contribution in [2.45, 2.75) is 0 Å². The fraction of sp³-hybridized carbons (Fsp3) is 0. The first-order valence-corrected chi connectivity index (χ1v) is 5.67. The van der Waals surface area contributed by atoms with Crippen LogP contribution in [0.15, 0.2) is 42.5 Å². The van der Waals surface area contributed by atoms with Crippen molar-refractivity contribution in [2.24, 2.45) is 0 Å². The Bertz CT molecular complexity index is 705. The molecule has 82 valence electrons. The summed E-state index contributed by atoms with van der Waals surface area (Å²) in [5, 5.41) is 0. The molecule has 0 atom stereocenters. The van der Waals surface area contributed by atoms with Gasteiger partial charge in [0.05, 0.1) is 0 Å². The summed E-state index contributed by atoms with van der Waals surface area (Å²) in [7, 11) is 3.67.